The average molecular weight is 473 g/mol. The summed E-state index contributed by atoms with van der Waals surface area (Å²) < 4.78 is 5.68. The molecule has 0 aliphatic heterocycles. The highest BCUT2D eigenvalue weighted by atomic mass is 79.9. The lowest BCUT2D eigenvalue weighted by atomic mass is 9.89. The van der Waals surface area contributed by atoms with Crippen LogP contribution in [-0.2, 0) is 17.6 Å². The first-order valence-electron chi connectivity index (χ1n) is 9.58. The molecule has 1 unspecified atom stereocenters. The molecule has 0 spiro atoms. The molecule has 1 aliphatic carbocycles. The molecule has 2 N–H and O–H groups in total. The van der Waals surface area contributed by atoms with Crippen molar-refractivity contribution in [2.75, 3.05) is 6.54 Å². The first-order valence-corrected chi connectivity index (χ1v) is 11.3. The van der Waals surface area contributed by atoms with Gasteiger partial charge in [-0.3, -0.25) is 9.59 Å². The molecule has 29 heavy (non-hydrogen) atoms. The Morgan fingerprint density at radius 2 is 1.93 bits per heavy atom. The van der Waals surface area contributed by atoms with Gasteiger partial charge in [-0.05, 0) is 81.9 Å². The molecule has 0 bridgehead atoms. The summed E-state index contributed by atoms with van der Waals surface area (Å²) >= 11 is 4.77. The number of thiophene rings is 1. The van der Waals surface area contributed by atoms with Crippen molar-refractivity contribution < 1.29 is 14.0 Å². The summed E-state index contributed by atoms with van der Waals surface area (Å²) in [6.45, 7) is -0.121. The van der Waals surface area contributed by atoms with Gasteiger partial charge < -0.3 is 15.1 Å². The van der Waals surface area contributed by atoms with Crippen molar-refractivity contribution in [3.8, 4) is 0 Å². The van der Waals surface area contributed by atoms with Crippen LogP contribution >= 0.6 is 27.3 Å². The quantitative estimate of drug-likeness (QED) is 0.549. The molecule has 0 saturated carbocycles. The summed E-state index contributed by atoms with van der Waals surface area (Å²) in [5.74, 6) is -0.512. The van der Waals surface area contributed by atoms with E-state index in [1.54, 1.807) is 23.5 Å². The summed E-state index contributed by atoms with van der Waals surface area (Å²) in [5.41, 5.74) is 3.86. The number of amides is 2. The Kier molecular flexibility index (Phi) is 6.16. The minimum atomic E-state index is -0.424. The number of nitrogens with one attached hydrogen (secondary N) is 2. The summed E-state index contributed by atoms with van der Waals surface area (Å²) in [4.78, 5) is 25.8. The van der Waals surface area contributed by atoms with Gasteiger partial charge in [-0.2, -0.15) is 0 Å². The van der Waals surface area contributed by atoms with Crippen molar-refractivity contribution in [3.63, 3.8) is 0 Å². The molecule has 150 valence electrons. The first-order chi connectivity index (χ1) is 14.1. The summed E-state index contributed by atoms with van der Waals surface area (Å²) in [5, 5.41) is 7.68. The van der Waals surface area contributed by atoms with Crippen LogP contribution in [0, 0.1) is 0 Å². The van der Waals surface area contributed by atoms with Crippen LogP contribution < -0.4 is 10.6 Å². The smallest absolute Gasteiger partial charge is 0.287 e. The zero-order valence-electron chi connectivity index (χ0n) is 15.7. The number of fused-ring (bicyclic) bond motifs is 1. The lowest BCUT2D eigenvalue weighted by molar-refractivity contribution is -0.120. The van der Waals surface area contributed by atoms with Crippen molar-refractivity contribution in [1.82, 2.24) is 10.6 Å². The monoisotopic (exact) mass is 472 g/mol. The van der Waals surface area contributed by atoms with E-state index in [0.717, 1.165) is 23.3 Å². The molecule has 5 nitrogen and oxygen atoms in total. The minimum Gasteiger partial charge on any atom is -0.444 e. The van der Waals surface area contributed by atoms with Crippen LogP contribution in [0.2, 0.25) is 0 Å². The van der Waals surface area contributed by atoms with Crippen LogP contribution in [-0.4, -0.2) is 18.4 Å². The van der Waals surface area contributed by atoms with E-state index in [1.807, 2.05) is 17.5 Å². The number of aryl methyl sites for hydroxylation is 2. The third kappa shape index (κ3) is 4.79. The van der Waals surface area contributed by atoms with Crippen LogP contribution in [0.4, 0.5) is 0 Å². The lowest BCUT2D eigenvalue weighted by Gasteiger charge is -2.22. The Bertz CT molecular complexity index is 1010. The number of hydrogen-bond donors (Lipinski definition) is 2. The van der Waals surface area contributed by atoms with Crippen LogP contribution in [0.5, 0.6) is 0 Å². The normalized spacial score (nSPS) is 14.1. The zero-order chi connectivity index (χ0) is 20.2. The second-order valence-electron chi connectivity index (χ2n) is 7.04. The maximum atomic E-state index is 12.6. The molecule has 2 amide bonds. The van der Waals surface area contributed by atoms with Crippen LogP contribution in [0.1, 0.15) is 51.0 Å². The number of carbonyl (C=O) groups excluding carboxylic acids is 2. The highest BCUT2D eigenvalue weighted by molar-refractivity contribution is 9.10. The Hall–Kier alpha value is -2.38. The maximum Gasteiger partial charge on any atom is 0.287 e. The molecule has 2 heterocycles. The number of hydrogen-bond acceptors (Lipinski definition) is 4. The van der Waals surface area contributed by atoms with Gasteiger partial charge in [-0.25, -0.2) is 0 Å². The molecule has 0 saturated heterocycles. The van der Waals surface area contributed by atoms with Crippen LogP contribution in [0.15, 0.2) is 56.9 Å². The highest BCUT2D eigenvalue weighted by Crippen LogP contribution is 2.30. The van der Waals surface area contributed by atoms with Gasteiger partial charge >= 0.3 is 0 Å². The fraction of sp³-hybridized carbons (Fsp3) is 0.273. The molecule has 1 atom stereocenters. The SMILES string of the molecule is O=C(CNC(=O)c1ccc(Br)o1)NC(c1ccc2c(c1)CCCC2)c1cccs1. The lowest BCUT2D eigenvalue weighted by Crippen LogP contribution is -2.38. The third-order valence-electron chi connectivity index (χ3n) is 5.05. The van der Waals surface area contributed by atoms with Crippen LogP contribution in [0.25, 0.3) is 0 Å². The van der Waals surface area contributed by atoms with E-state index in [1.165, 1.54) is 24.0 Å². The highest BCUT2D eigenvalue weighted by Gasteiger charge is 2.21. The zero-order valence-corrected chi connectivity index (χ0v) is 18.1. The van der Waals surface area contributed by atoms with Gasteiger partial charge in [-0.15, -0.1) is 11.3 Å². The van der Waals surface area contributed by atoms with Gasteiger partial charge in [0.1, 0.15) is 0 Å². The van der Waals surface area contributed by atoms with E-state index in [-0.39, 0.29) is 24.3 Å². The van der Waals surface area contributed by atoms with E-state index in [9.17, 15) is 9.59 Å². The van der Waals surface area contributed by atoms with E-state index < -0.39 is 5.91 Å². The predicted octanol–water partition coefficient (Wildman–Crippen LogP) is 4.62. The van der Waals surface area contributed by atoms with Gasteiger partial charge in [0.2, 0.25) is 5.91 Å². The fourth-order valence-corrected chi connectivity index (χ4v) is 4.71. The van der Waals surface area contributed by atoms with Gasteiger partial charge in [0.15, 0.2) is 10.4 Å². The Balaban J connectivity index is 1.46. The molecule has 1 aliphatic rings. The second kappa shape index (κ2) is 8.97. The van der Waals surface area contributed by atoms with E-state index in [0.29, 0.717) is 4.67 Å². The van der Waals surface area contributed by atoms with E-state index >= 15 is 0 Å². The molecule has 7 heteroatoms. The maximum absolute atomic E-state index is 12.6. The first kappa shape index (κ1) is 19.9. The van der Waals surface area contributed by atoms with Crippen molar-refractivity contribution in [2.45, 2.75) is 31.7 Å². The molecule has 0 radical (unpaired) electrons. The van der Waals surface area contributed by atoms with Gasteiger partial charge in [0, 0.05) is 4.88 Å². The molecular formula is C22H21BrN2O3S. The molecule has 1 aromatic carbocycles. The minimum absolute atomic E-state index is 0.121. The van der Waals surface area contributed by atoms with Crippen molar-refractivity contribution in [3.05, 3.63) is 79.8 Å². The number of halogens is 1. The summed E-state index contributed by atoms with van der Waals surface area (Å²) in [6.07, 6.45) is 4.66. The molecule has 3 aromatic rings. The van der Waals surface area contributed by atoms with Crippen LogP contribution in [0.3, 0.4) is 0 Å². The van der Waals surface area contributed by atoms with Gasteiger partial charge in [-0.1, -0.05) is 24.3 Å². The van der Waals surface area contributed by atoms with E-state index in [4.69, 9.17) is 4.42 Å². The summed E-state index contributed by atoms with van der Waals surface area (Å²) in [7, 11) is 0. The number of carbonyl (C=O) groups is 2. The fourth-order valence-electron chi connectivity index (χ4n) is 3.60. The molecule has 2 aromatic heterocycles. The van der Waals surface area contributed by atoms with Crippen molar-refractivity contribution in [1.29, 1.82) is 0 Å². The number of furan rings is 1. The van der Waals surface area contributed by atoms with Gasteiger partial charge in [0.05, 0.1) is 12.6 Å². The molecule has 0 fully saturated rings. The second-order valence-corrected chi connectivity index (χ2v) is 8.80. The van der Waals surface area contributed by atoms with E-state index in [2.05, 4.69) is 44.8 Å². The average Bonchev–Trinajstić information content (AvgIpc) is 3.42. The standard InChI is InChI=1S/C22H21BrN2O3S/c23-19-10-9-17(28-19)22(27)24-13-20(26)25-21(18-6-3-11-29-18)16-8-7-14-4-1-2-5-15(14)12-16/h3,6-12,21H,1-2,4-5,13H2,(H,24,27)(H,25,26). The summed E-state index contributed by atoms with van der Waals surface area (Å²) in [6, 6.07) is 13.5. The predicted molar refractivity (Wildman–Crippen MR) is 116 cm³/mol. The third-order valence-corrected chi connectivity index (χ3v) is 6.41. The topological polar surface area (TPSA) is 71.3 Å². The molecular weight excluding hydrogens is 452 g/mol. The Morgan fingerprint density at radius 1 is 1.10 bits per heavy atom. The van der Waals surface area contributed by atoms with Crippen molar-refractivity contribution >= 4 is 39.1 Å². The largest absolute Gasteiger partial charge is 0.444 e. The Morgan fingerprint density at radius 3 is 2.66 bits per heavy atom. The molecule has 4 rings (SSSR count). The number of benzene rings is 1. The Labute approximate surface area is 181 Å². The van der Waals surface area contributed by atoms with Crippen molar-refractivity contribution in [2.24, 2.45) is 0 Å². The van der Waals surface area contributed by atoms with Gasteiger partial charge in [0.25, 0.3) is 5.91 Å². The number of rotatable bonds is 6.